The summed E-state index contributed by atoms with van der Waals surface area (Å²) in [5, 5.41) is 11.5. The van der Waals surface area contributed by atoms with Crippen LogP contribution in [0.5, 0.6) is 0 Å². The van der Waals surface area contributed by atoms with Gasteiger partial charge in [-0.1, -0.05) is 35.1 Å². The maximum Gasteiger partial charge on any atom is 0.286 e. The Hall–Kier alpha value is -2.69. The largest absolute Gasteiger partial charge is 0.320 e. The Bertz CT molecular complexity index is 1260. The molecule has 0 bridgehead atoms. The second-order valence-corrected chi connectivity index (χ2v) is 10.8. The summed E-state index contributed by atoms with van der Waals surface area (Å²) < 4.78 is 41.3. The molecule has 1 aliphatic rings. The number of amides is 1. The van der Waals surface area contributed by atoms with Gasteiger partial charge in [0.2, 0.25) is 15.0 Å². The van der Waals surface area contributed by atoms with Crippen LogP contribution in [0.2, 0.25) is 0 Å². The number of anilines is 1. The summed E-state index contributed by atoms with van der Waals surface area (Å²) in [5.41, 5.74) is 2.06. The zero-order valence-electron chi connectivity index (χ0n) is 17.7. The van der Waals surface area contributed by atoms with Crippen molar-refractivity contribution in [3.05, 3.63) is 69.4 Å². The number of aromatic nitrogens is 2. The van der Waals surface area contributed by atoms with Gasteiger partial charge in [-0.2, -0.15) is 4.31 Å². The molecule has 1 amide bonds. The average Bonchev–Trinajstić information content (AvgIpc) is 3.24. The van der Waals surface area contributed by atoms with E-state index in [0.29, 0.717) is 28.6 Å². The molecule has 0 aliphatic carbocycles. The molecule has 1 aromatic heterocycles. The van der Waals surface area contributed by atoms with Crippen molar-refractivity contribution in [2.45, 2.75) is 37.5 Å². The van der Waals surface area contributed by atoms with Crippen LogP contribution in [0.1, 0.15) is 44.7 Å². The van der Waals surface area contributed by atoms with E-state index < -0.39 is 21.7 Å². The Kier molecular flexibility index (Phi) is 6.36. The van der Waals surface area contributed by atoms with Crippen molar-refractivity contribution in [2.75, 3.05) is 18.4 Å². The lowest BCUT2D eigenvalue weighted by molar-refractivity contribution is 0.102. The minimum Gasteiger partial charge on any atom is -0.320 e. The van der Waals surface area contributed by atoms with Gasteiger partial charge in [-0.15, -0.1) is 10.2 Å². The van der Waals surface area contributed by atoms with Crippen LogP contribution in [0, 0.1) is 19.7 Å². The van der Waals surface area contributed by atoms with Gasteiger partial charge >= 0.3 is 0 Å². The lowest BCUT2D eigenvalue weighted by Gasteiger charge is -2.31. The molecule has 2 aromatic carbocycles. The molecule has 1 N–H and O–H groups in total. The molecule has 1 aliphatic heterocycles. The highest BCUT2D eigenvalue weighted by atomic mass is 32.2. The second kappa shape index (κ2) is 9.05. The number of piperidine rings is 1. The van der Waals surface area contributed by atoms with Gasteiger partial charge in [0.15, 0.2) is 0 Å². The predicted octanol–water partition coefficient (Wildman–Crippen LogP) is 4.11. The number of nitrogens with one attached hydrogen (secondary N) is 1. The molecule has 10 heteroatoms. The minimum absolute atomic E-state index is 0.141. The number of benzene rings is 2. The molecule has 0 spiro atoms. The number of aryl methyl sites for hydroxylation is 2. The number of nitrogens with zero attached hydrogens (tertiary/aromatic N) is 3. The molecule has 1 fully saturated rings. The van der Waals surface area contributed by atoms with Crippen molar-refractivity contribution in [3.63, 3.8) is 0 Å². The molecule has 32 heavy (non-hydrogen) atoms. The van der Waals surface area contributed by atoms with Crippen molar-refractivity contribution in [3.8, 4) is 0 Å². The number of carbonyl (C=O) groups excluding carboxylic acids is 1. The highest BCUT2D eigenvalue weighted by molar-refractivity contribution is 7.89. The lowest BCUT2D eigenvalue weighted by Crippen LogP contribution is -2.39. The van der Waals surface area contributed by atoms with E-state index in [1.54, 1.807) is 25.1 Å². The fourth-order valence-electron chi connectivity index (χ4n) is 3.83. The summed E-state index contributed by atoms with van der Waals surface area (Å²) in [4.78, 5) is 12.8. The van der Waals surface area contributed by atoms with Crippen LogP contribution >= 0.6 is 11.3 Å². The van der Waals surface area contributed by atoms with E-state index in [1.165, 1.54) is 22.5 Å². The van der Waals surface area contributed by atoms with E-state index in [9.17, 15) is 17.6 Å². The molecule has 1 saturated heterocycles. The van der Waals surface area contributed by atoms with Crippen LogP contribution in [0.4, 0.5) is 10.1 Å². The Morgan fingerprint density at radius 2 is 2.00 bits per heavy atom. The van der Waals surface area contributed by atoms with Crippen molar-refractivity contribution in [2.24, 2.45) is 0 Å². The van der Waals surface area contributed by atoms with Crippen LogP contribution in [-0.2, 0) is 10.0 Å². The summed E-state index contributed by atoms with van der Waals surface area (Å²) in [7, 11) is -3.63. The molecular formula is C22H23FN4O3S2. The molecule has 0 saturated carbocycles. The number of hydrogen-bond acceptors (Lipinski definition) is 6. The maximum atomic E-state index is 13.3. The molecular weight excluding hydrogens is 451 g/mol. The quantitative estimate of drug-likeness (QED) is 0.601. The molecule has 1 atom stereocenters. The second-order valence-electron chi connectivity index (χ2n) is 7.88. The van der Waals surface area contributed by atoms with Gasteiger partial charge in [-0.25, -0.2) is 12.8 Å². The predicted molar refractivity (Wildman–Crippen MR) is 121 cm³/mol. The number of sulfonamides is 1. The number of hydrogen-bond donors (Lipinski definition) is 1. The fraction of sp³-hybridized carbons (Fsp3) is 0.318. The van der Waals surface area contributed by atoms with Crippen molar-refractivity contribution in [1.82, 2.24) is 14.5 Å². The molecule has 0 unspecified atom stereocenters. The van der Waals surface area contributed by atoms with Crippen LogP contribution < -0.4 is 5.32 Å². The molecule has 0 radical (unpaired) electrons. The van der Waals surface area contributed by atoms with E-state index in [4.69, 9.17) is 0 Å². The lowest BCUT2D eigenvalue weighted by atomic mass is 10.0. The first-order valence-electron chi connectivity index (χ1n) is 10.2. The van der Waals surface area contributed by atoms with Gasteiger partial charge in [0.25, 0.3) is 5.91 Å². The summed E-state index contributed by atoms with van der Waals surface area (Å²) in [6.45, 7) is 4.46. The standard InChI is InChI=1S/C22H23FN4O3S2/c1-14-8-9-19(15(2)11-14)32(29,30)27-10-4-5-16(13-27)21-25-26-22(31-21)20(28)24-18-7-3-6-17(23)12-18/h3,6-9,11-12,16H,4-5,10,13H2,1-2H3,(H,24,28)/t16-/m1/s1. The van der Waals surface area contributed by atoms with E-state index in [1.807, 2.05) is 13.0 Å². The molecule has 2 heterocycles. The number of rotatable bonds is 5. The third-order valence-electron chi connectivity index (χ3n) is 5.40. The van der Waals surface area contributed by atoms with Gasteiger partial charge in [0, 0.05) is 24.7 Å². The highest BCUT2D eigenvalue weighted by Crippen LogP contribution is 2.32. The first-order chi connectivity index (χ1) is 15.2. The first kappa shape index (κ1) is 22.5. The topological polar surface area (TPSA) is 92.3 Å². The average molecular weight is 475 g/mol. The Balaban J connectivity index is 1.49. The van der Waals surface area contributed by atoms with Gasteiger partial charge in [-0.05, 0) is 56.5 Å². The van der Waals surface area contributed by atoms with E-state index in [2.05, 4.69) is 15.5 Å². The summed E-state index contributed by atoms with van der Waals surface area (Å²) >= 11 is 1.14. The number of halogens is 1. The van der Waals surface area contributed by atoms with E-state index >= 15 is 0 Å². The fourth-order valence-corrected chi connectivity index (χ4v) is 6.43. The van der Waals surface area contributed by atoms with E-state index in [0.717, 1.165) is 28.9 Å². The van der Waals surface area contributed by atoms with Gasteiger partial charge in [0.05, 0.1) is 4.90 Å². The SMILES string of the molecule is Cc1ccc(S(=O)(=O)N2CCC[C@@H](c3nnc(C(=O)Nc4cccc(F)c4)s3)C2)c(C)c1. The zero-order chi connectivity index (χ0) is 22.9. The number of carbonyl (C=O) groups is 1. The Morgan fingerprint density at radius 1 is 1.19 bits per heavy atom. The Labute approximate surface area is 190 Å². The molecule has 4 rings (SSSR count). The first-order valence-corrected chi connectivity index (χ1v) is 12.5. The van der Waals surface area contributed by atoms with Crippen LogP contribution in [-0.4, -0.2) is 41.9 Å². The third-order valence-corrected chi connectivity index (χ3v) is 8.51. The maximum absolute atomic E-state index is 13.3. The van der Waals surface area contributed by atoms with Gasteiger partial charge in [-0.3, -0.25) is 4.79 Å². The third kappa shape index (κ3) is 4.72. The van der Waals surface area contributed by atoms with Crippen LogP contribution in [0.25, 0.3) is 0 Å². The smallest absolute Gasteiger partial charge is 0.286 e. The van der Waals surface area contributed by atoms with Crippen molar-refractivity contribution >= 4 is 33.0 Å². The van der Waals surface area contributed by atoms with E-state index in [-0.39, 0.29) is 17.5 Å². The summed E-state index contributed by atoms with van der Waals surface area (Å²) in [6.07, 6.45) is 1.46. The van der Waals surface area contributed by atoms with Gasteiger partial charge in [0.1, 0.15) is 10.8 Å². The molecule has 3 aromatic rings. The van der Waals surface area contributed by atoms with Crippen molar-refractivity contribution < 1.29 is 17.6 Å². The monoisotopic (exact) mass is 474 g/mol. The molecule has 7 nitrogen and oxygen atoms in total. The normalized spacial score (nSPS) is 17.3. The van der Waals surface area contributed by atoms with Crippen LogP contribution in [0.3, 0.4) is 0 Å². The summed E-state index contributed by atoms with van der Waals surface area (Å²) in [6, 6.07) is 10.9. The zero-order valence-corrected chi connectivity index (χ0v) is 19.3. The van der Waals surface area contributed by atoms with Crippen LogP contribution in [0.15, 0.2) is 47.4 Å². The van der Waals surface area contributed by atoms with Gasteiger partial charge < -0.3 is 5.32 Å². The van der Waals surface area contributed by atoms with Crippen molar-refractivity contribution in [1.29, 1.82) is 0 Å². The summed E-state index contributed by atoms with van der Waals surface area (Å²) in [5.74, 6) is -1.07. The highest BCUT2D eigenvalue weighted by Gasteiger charge is 2.33. The Morgan fingerprint density at radius 3 is 2.75 bits per heavy atom. The minimum atomic E-state index is -3.63. The molecule has 168 valence electrons.